The lowest BCUT2D eigenvalue weighted by Gasteiger charge is -2.40. The van der Waals surface area contributed by atoms with Crippen LogP contribution < -0.4 is 5.32 Å². The molecule has 0 aromatic carbocycles. The van der Waals surface area contributed by atoms with Gasteiger partial charge >= 0.3 is 0 Å². The number of nitrogens with zero attached hydrogens (tertiary/aromatic N) is 3. The third kappa shape index (κ3) is 4.06. The first-order chi connectivity index (χ1) is 12.4. The van der Waals surface area contributed by atoms with Crippen LogP contribution in [-0.2, 0) is 26.2 Å². The van der Waals surface area contributed by atoms with Crippen LogP contribution in [0.5, 0.6) is 0 Å². The summed E-state index contributed by atoms with van der Waals surface area (Å²) in [6.45, 7) is 1.20. The normalized spacial score (nSPS) is 26.7. The minimum Gasteiger partial charge on any atom is -0.376 e. The summed E-state index contributed by atoms with van der Waals surface area (Å²) < 4.78 is 33.6. The van der Waals surface area contributed by atoms with Crippen molar-refractivity contribution in [2.75, 3.05) is 33.8 Å². The van der Waals surface area contributed by atoms with Crippen molar-refractivity contribution in [1.29, 1.82) is 0 Å². The molecule has 0 bridgehead atoms. The first-order valence-corrected chi connectivity index (χ1v) is 10.3. The smallest absolute Gasteiger partial charge is 0.281 e. The lowest BCUT2D eigenvalue weighted by molar-refractivity contribution is -0.128. The molecule has 3 atom stereocenters. The van der Waals surface area contributed by atoms with E-state index < -0.39 is 16.1 Å². The Labute approximate surface area is 154 Å². The Morgan fingerprint density at radius 1 is 1.42 bits per heavy atom. The van der Waals surface area contributed by atoms with Gasteiger partial charge in [-0.3, -0.25) is 9.78 Å². The summed E-state index contributed by atoms with van der Waals surface area (Å²) in [6.07, 6.45) is 3.37. The highest BCUT2D eigenvalue weighted by molar-refractivity contribution is 7.86. The minimum atomic E-state index is -3.59. The van der Waals surface area contributed by atoms with Crippen molar-refractivity contribution in [2.24, 2.45) is 5.92 Å². The zero-order valence-electron chi connectivity index (χ0n) is 15.2. The van der Waals surface area contributed by atoms with Gasteiger partial charge in [0.2, 0.25) is 5.91 Å². The Balaban J connectivity index is 1.63. The van der Waals surface area contributed by atoms with Gasteiger partial charge in [0.15, 0.2) is 0 Å². The van der Waals surface area contributed by atoms with Gasteiger partial charge in [0.1, 0.15) is 0 Å². The van der Waals surface area contributed by atoms with E-state index in [4.69, 9.17) is 4.74 Å². The van der Waals surface area contributed by atoms with Gasteiger partial charge in [-0.25, -0.2) is 0 Å². The van der Waals surface area contributed by atoms with Crippen LogP contribution >= 0.6 is 0 Å². The van der Waals surface area contributed by atoms with Gasteiger partial charge in [-0.05, 0) is 25.0 Å². The van der Waals surface area contributed by atoms with Crippen molar-refractivity contribution in [1.82, 2.24) is 18.9 Å². The molecule has 0 unspecified atom stereocenters. The molecular formula is C17H26N4O4S. The molecule has 9 heteroatoms. The van der Waals surface area contributed by atoms with E-state index in [1.165, 1.54) is 22.7 Å². The molecule has 2 saturated heterocycles. The molecule has 26 heavy (non-hydrogen) atoms. The van der Waals surface area contributed by atoms with Crippen molar-refractivity contribution in [3.63, 3.8) is 0 Å². The molecule has 0 spiro atoms. The van der Waals surface area contributed by atoms with Crippen LogP contribution in [0.4, 0.5) is 0 Å². The molecule has 0 radical (unpaired) electrons. The highest BCUT2D eigenvalue weighted by Gasteiger charge is 2.47. The summed E-state index contributed by atoms with van der Waals surface area (Å²) in [7, 11) is -0.566. The van der Waals surface area contributed by atoms with Crippen molar-refractivity contribution < 1.29 is 17.9 Å². The van der Waals surface area contributed by atoms with Crippen molar-refractivity contribution in [2.45, 2.75) is 31.4 Å². The number of rotatable bonds is 6. The second kappa shape index (κ2) is 7.99. The fourth-order valence-corrected chi connectivity index (χ4v) is 4.94. The third-order valence-electron chi connectivity index (χ3n) is 5.00. The monoisotopic (exact) mass is 382 g/mol. The van der Waals surface area contributed by atoms with Gasteiger partial charge in [-0.15, -0.1) is 0 Å². The molecule has 0 saturated carbocycles. The molecular weight excluding hydrogens is 356 g/mol. The van der Waals surface area contributed by atoms with E-state index in [0.717, 1.165) is 5.69 Å². The molecule has 0 aliphatic carbocycles. The van der Waals surface area contributed by atoms with Gasteiger partial charge in [0.25, 0.3) is 10.2 Å². The Kier molecular flexibility index (Phi) is 5.91. The number of amides is 1. The number of hydrogen-bond donors (Lipinski definition) is 1. The third-order valence-corrected chi connectivity index (χ3v) is 6.93. The summed E-state index contributed by atoms with van der Waals surface area (Å²) in [5.41, 5.74) is 0.910. The number of aromatic nitrogens is 1. The number of piperidine rings is 1. The van der Waals surface area contributed by atoms with Gasteiger partial charge in [-0.1, -0.05) is 6.07 Å². The van der Waals surface area contributed by atoms with Gasteiger partial charge < -0.3 is 10.1 Å². The van der Waals surface area contributed by atoms with Crippen LogP contribution in [0, 0.1) is 5.92 Å². The number of carbonyl (C=O) groups excluding carboxylic acids is 1. The number of hydrogen-bond acceptors (Lipinski definition) is 5. The lowest BCUT2D eigenvalue weighted by Crippen LogP contribution is -2.57. The van der Waals surface area contributed by atoms with Crippen LogP contribution in [0.1, 0.15) is 18.5 Å². The molecule has 2 aliphatic rings. The van der Waals surface area contributed by atoms with Crippen molar-refractivity contribution >= 4 is 16.1 Å². The minimum absolute atomic E-state index is 0.131. The highest BCUT2D eigenvalue weighted by atomic mass is 32.2. The van der Waals surface area contributed by atoms with E-state index >= 15 is 0 Å². The molecule has 3 rings (SSSR count). The Hall–Kier alpha value is -1.55. The van der Waals surface area contributed by atoms with Crippen LogP contribution in [0.3, 0.4) is 0 Å². The number of nitrogens with one attached hydrogen (secondary N) is 1. The van der Waals surface area contributed by atoms with E-state index in [0.29, 0.717) is 32.4 Å². The summed E-state index contributed by atoms with van der Waals surface area (Å²) >= 11 is 0. The molecule has 1 aromatic heterocycles. The maximum atomic E-state index is 12.7. The summed E-state index contributed by atoms with van der Waals surface area (Å²) in [5, 5.41) is 2.91. The number of carbonyl (C=O) groups is 1. The zero-order chi connectivity index (χ0) is 18.7. The van der Waals surface area contributed by atoms with Crippen molar-refractivity contribution in [3.8, 4) is 0 Å². The molecule has 1 amide bonds. The molecule has 8 nitrogen and oxygen atoms in total. The van der Waals surface area contributed by atoms with Crippen LogP contribution in [-0.4, -0.2) is 73.9 Å². The number of pyridine rings is 1. The Morgan fingerprint density at radius 2 is 2.23 bits per heavy atom. The molecule has 2 aliphatic heterocycles. The Bertz CT molecular complexity index is 726. The number of ether oxygens (including phenoxy) is 1. The largest absolute Gasteiger partial charge is 0.376 e. The molecule has 1 aromatic rings. The van der Waals surface area contributed by atoms with Gasteiger partial charge in [-0.2, -0.15) is 17.0 Å². The predicted molar refractivity (Wildman–Crippen MR) is 96.5 cm³/mol. The maximum Gasteiger partial charge on any atom is 0.281 e. The fraction of sp³-hybridized carbons (Fsp3) is 0.647. The molecule has 144 valence electrons. The highest BCUT2D eigenvalue weighted by Crippen LogP contribution is 2.33. The molecule has 1 N–H and O–H groups in total. The molecule has 3 heterocycles. The standard InChI is InChI=1S/C17H26N4O4S/c1-20(2)26(23,24)21-12-13(11-16-15(21)7-10-25-16)17(22)19-9-6-14-5-3-4-8-18-14/h3-5,8,13,15-16H,6-7,9-12H2,1-2H3,(H,19,22)/t13-,15+,16+/m0/s1. The second-order valence-electron chi connectivity index (χ2n) is 6.92. The van der Waals surface area contributed by atoms with Crippen LogP contribution in [0.25, 0.3) is 0 Å². The summed E-state index contributed by atoms with van der Waals surface area (Å²) in [5.74, 6) is -0.540. The van der Waals surface area contributed by atoms with E-state index in [2.05, 4.69) is 10.3 Å². The first kappa shape index (κ1) is 19.2. The second-order valence-corrected chi connectivity index (χ2v) is 9.01. The topological polar surface area (TPSA) is 91.8 Å². The molecule has 2 fully saturated rings. The van der Waals surface area contributed by atoms with E-state index in [1.54, 1.807) is 6.20 Å². The van der Waals surface area contributed by atoms with E-state index in [1.807, 2.05) is 18.2 Å². The zero-order valence-corrected chi connectivity index (χ0v) is 16.0. The summed E-state index contributed by atoms with van der Waals surface area (Å²) in [6, 6.07) is 5.49. The summed E-state index contributed by atoms with van der Waals surface area (Å²) in [4.78, 5) is 16.8. The van der Waals surface area contributed by atoms with E-state index in [-0.39, 0.29) is 24.6 Å². The predicted octanol–water partition coefficient (Wildman–Crippen LogP) is 0.0261. The lowest BCUT2D eigenvalue weighted by atomic mass is 9.91. The average molecular weight is 382 g/mol. The van der Waals surface area contributed by atoms with Gasteiger partial charge in [0.05, 0.1) is 18.1 Å². The van der Waals surface area contributed by atoms with Crippen LogP contribution in [0.2, 0.25) is 0 Å². The quantitative estimate of drug-likeness (QED) is 0.749. The first-order valence-electron chi connectivity index (χ1n) is 8.88. The number of fused-ring (bicyclic) bond motifs is 1. The maximum absolute atomic E-state index is 12.7. The van der Waals surface area contributed by atoms with Crippen molar-refractivity contribution in [3.05, 3.63) is 30.1 Å². The average Bonchev–Trinajstić information content (AvgIpc) is 3.10. The van der Waals surface area contributed by atoms with E-state index in [9.17, 15) is 13.2 Å². The van der Waals surface area contributed by atoms with Crippen LogP contribution in [0.15, 0.2) is 24.4 Å². The van der Waals surface area contributed by atoms with Gasteiger partial charge in [0, 0.05) is 52.1 Å². The Morgan fingerprint density at radius 3 is 2.92 bits per heavy atom. The SMILES string of the molecule is CN(C)S(=O)(=O)N1C[C@@H](C(=O)NCCc2ccccn2)C[C@H]2OCC[C@H]21. The fourth-order valence-electron chi connectivity index (χ4n) is 3.57.